The molecule has 2 unspecified atom stereocenters. The number of aliphatic hydroxyl groups is 1. The molecule has 1 aliphatic rings. The van der Waals surface area contributed by atoms with Crippen LogP contribution in [0, 0.1) is 18.8 Å². The molecule has 0 aromatic heterocycles. The molecule has 0 aliphatic carbocycles. The van der Waals surface area contributed by atoms with Gasteiger partial charge in [0.25, 0.3) is 5.91 Å². The van der Waals surface area contributed by atoms with Gasteiger partial charge in [0.05, 0.1) is 0 Å². The summed E-state index contributed by atoms with van der Waals surface area (Å²) in [5.41, 5.74) is 2.54. The third kappa shape index (κ3) is 4.03. The number of nitrogens with zero attached hydrogens (tertiary/aromatic N) is 1. The average Bonchev–Trinajstić information content (AvgIpc) is 2.44. The second-order valence-corrected chi connectivity index (χ2v) is 7.34. The molecule has 3 nitrogen and oxygen atoms in total. The van der Waals surface area contributed by atoms with Gasteiger partial charge in [-0.25, -0.2) is 0 Å². The van der Waals surface area contributed by atoms with Gasteiger partial charge < -0.3 is 10.0 Å². The molecule has 1 fully saturated rings. The Morgan fingerprint density at radius 3 is 2.62 bits per heavy atom. The maximum atomic E-state index is 12.6. The lowest BCUT2D eigenvalue weighted by Crippen LogP contribution is -2.44. The summed E-state index contributed by atoms with van der Waals surface area (Å²) in [5, 5.41) is 9.70. The zero-order valence-electron chi connectivity index (χ0n) is 12.7. The van der Waals surface area contributed by atoms with Crippen LogP contribution in [0.3, 0.4) is 0 Å². The third-order valence-corrected chi connectivity index (χ3v) is 4.71. The number of hydrogen-bond donors (Lipinski definition) is 1. The van der Waals surface area contributed by atoms with Gasteiger partial charge in [-0.3, -0.25) is 4.79 Å². The van der Waals surface area contributed by atoms with E-state index in [9.17, 15) is 4.79 Å². The highest BCUT2D eigenvalue weighted by Gasteiger charge is 2.26. The SMILES string of the molecule is Cc1cc(C(=O)N2CC(C)SC(C)C2)ccc1C#CCO. The lowest BCUT2D eigenvalue weighted by atomic mass is 10.0. The van der Waals surface area contributed by atoms with E-state index in [1.54, 1.807) is 0 Å². The standard InChI is InChI=1S/C17H21NO2S/c1-12-9-16(7-6-15(12)5-4-8-19)17(20)18-10-13(2)21-14(3)11-18/h6-7,9,13-14,19H,8,10-11H2,1-3H3. The maximum absolute atomic E-state index is 12.6. The van der Waals surface area contributed by atoms with E-state index < -0.39 is 0 Å². The fourth-order valence-corrected chi connectivity index (χ4v) is 3.92. The van der Waals surface area contributed by atoms with Gasteiger partial charge in [-0.05, 0) is 30.7 Å². The first-order chi connectivity index (χ1) is 10.0. The smallest absolute Gasteiger partial charge is 0.253 e. The molecule has 21 heavy (non-hydrogen) atoms. The van der Waals surface area contributed by atoms with Crippen LogP contribution in [0.25, 0.3) is 0 Å². The number of amides is 1. The number of thioether (sulfide) groups is 1. The Bertz CT molecular complexity index is 578. The summed E-state index contributed by atoms with van der Waals surface area (Å²) in [5.74, 6) is 5.63. The Kier molecular flexibility index (Phi) is 5.33. The number of aliphatic hydroxyl groups excluding tert-OH is 1. The van der Waals surface area contributed by atoms with Crippen LogP contribution in [0.15, 0.2) is 18.2 Å². The maximum Gasteiger partial charge on any atom is 0.253 e. The summed E-state index contributed by atoms with van der Waals surface area (Å²) in [6, 6.07) is 5.57. The van der Waals surface area contributed by atoms with Crippen molar-refractivity contribution in [2.75, 3.05) is 19.7 Å². The van der Waals surface area contributed by atoms with Crippen molar-refractivity contribution >= 4 is 17.7 Å². The predicted octanol–water partition coefficient (Wildman–Crippen LogP) is 2.30. The molecule has 0 radical (unpaired) electrons. The van der Waals surface area contributed by atoms with Gasteiger partial charge in [-0.15, -0.1) is 0 Å². The second-order valence-electron chi connectivity index (χ2n) is 5.46. The Labute approximate surface area is 130 Å². The van der Waals surface area contributed by atoms with Crippen LogP contribution in [0.5, 0.6) is 0 Å². The van der Waals surface area contributed by atoms with Gasteiger partial charge in [0.2, 0.25) is 0 Å². The van der Waals surface area contributed by atoms with Crippen LogP contribution in [0.1, 0.15) is 35.3 Å². The highest BCUT2D eigenvalue weighted by atomic mass is 32.2. The fourth-order valence-electron chi connectivity index (χ4n) is 2.60. The summed E-state index contributed by atoms with van der Waals surface area (Å²) < 4.78 is 0. The number of aryl methyl sites for hydroxylation is 1. The zero-order valence-corrected chi connectivity index (χ0v) is 13.5. The molecular formula is C17H21NO2S. The van der Waals surface area contributed by atoms with Gasteiger partial charge in [-0.1, -0.05) is 25.7 Å². The molecule has 2 rings (SSSR count). The van der Waals surface area contributed by atoms with Crippen molar-refractivity contribution in [3.8, 4) is 11.8 Å². The Balaban J connectivity index is 2.18. The monoisotopic (exact) mass is 303 g/mol. The minimum Gasteiger partial charge on any atom is -0.384 e. The summed E-state index contributed by atoms with van der Waals surface area (Å²) in [7, 11) is 0. The first kappa shape index (κ1) is 15.9. The van der Waals surface area contributed by atoms with Crippen LogP contribution in [-0.4, -0.2) is 46.1 Å². The molecule has 1 heterocycles. The van der Waals surface area contributed by atoms with Crippen molar-refractivity contribution in [1.29, 1.82) is 0 Å². The van der Waals surface area contributed by atoms with Crippen molar-refractivity contribution in [3.63, 3.8) is 0 Å². The van der Waals surface area contributed by atoms with E-state index in [2.05, 4.69) is 25.7 Å². The molecule has 0 spiro atoms. The molecule has 1 aromatic rings. The first-order valence-electron chi connectivity index (χ1n) is 7.16. The number of carbonyl (C=O) groups is 1. The lowest BCUT2D eigenvalue weighted by molar-refractivity contribution is 0.0753. The fraction of sp³-hybridized carbons (Fsp3) is 0.471. The Hall–Kier alpha value is -1.44. The van der Waals surface area contributed by atoms with Crippen LogP contribution in [0.2, 0.25) is 0 Å². The number of carbonyl (C=O) groups excluding carboxylic acids is 1. The molecule has 2 atom stereocenters. The highest BCUT2D eigenvalue weighted by Crippen LogP contribution is 2.26. The summed E-state index contributed by atoms with van der Waals surface area (Å²) in [6.07, 6.45) is 0. The van der Waals surface area contributed by atoms with Crippen LogP contribution >= 0.6 is 11.8 Å². The molecule has 112 valence electrons. The van der Waals surface area contributed by atoms with Crippen molar-refractivity contribution in [2.45, 2.75) is 31.3 Å². The van der Waals surface area contributed by atoms with E-state index in [0.717, 1.165) is 24.2 Å². The van der Waals surface area contributed by atoms with Gasteiger partial charge in [0.1, 0.15) is 6.61 Å². The lowest BCUT2D eigenvalue weighted by Gasteiger charge is -2.34. The van der Waals surface area contributed by atoms with E-state index in [0.29, 0.717) is 16.1 Å². The number of benzene rings is 1. The normalized spacial score (nSPS) is 21.6. The van der Waals surface area contributed by atoms with Gasteiger partial charge in [0.15, 0.2) is 0 Å². The molecule has 1 saturated heterocycles. The molecular weight excluding hydrogens is 282 g/mol. The third-order valence-electron chi connectivity index (χ3n) is 3.48. The molecule has 4 heteroatoms. The molecule has 1 aliphatic heterocycles. The van der Waals surface area contributed by atoms with Gasteiger partial charge in [0, 0.05) is 34.7 Å². The molecule has 0 saturated carbocycles. The van der Waals surface area contributed by atoms with Gasteiger partial charge >= 0.3 is 0 Å². The zero-order chi connectivity index (χ0) is 15.4. The van der Waals surface area contributed by atoms with E-state index in [1.807, 2.05) is 41.8 Å². The predicted molar refractivity (Wildman–Crippen MR) is 87.6 cm³/mol. The Morgan fingerprint density at radius 1 is 1.38 bits per heavy atom. The molecule has 1 amide bonds. The first-order valence-corrected chi connectivity index (χ1v) is 8.10. The average molecular weight is 303 g/mol. The highest BCUT2D eigenvalue weighted by molar-refractivity contribution is 8.00. The van der Waals surface area contributed by atoms with Crippen molar-refractivity contribution in [2.24, 2.45) is 0 Å². The van der Waals surface area contributed by atoms with Crippen LogP contribution < -0.4 is 0 Å². The van der Waals surface area contributed by atoms with E-state index >= 15 is 0 Å². The summed E-state index contributed by atoms with van der Waals surface area (Å²) >= 11 is 1.94. The van der Waals surface area contributed by atoms with Crippen molar-refractivity contribution < 1.29 is 9.90 Å². The number of rotatable bonds is 1. The van der Waals surface area contributed by atoms with E-state index in [4.69, 9.17) is 5.11 Å². The van der Waals surface area contributed by atoms with Crippen molar-refractivity contribution in [1.82, 2.24) is 4.90 Å². The van der Waals surface area contributed by atoms with Crippen LogP contribution in [0.4, 0.5) is 0 Å². The minimum atomic E-state index is -0.151. The number of hydrogen-bond acceptors (Lipinski definition) is 3. The largest absolute Gasteiger partial charge is 0.384 e. The summed E-state index contributed by atoms with van der Waals surface area (Å²) in [6.45, 7) is 7.73. The quantitative estimate of drug-likeness (QED) is 0.809. The van der Waals surface area contributed by atoms with Crippen LogP contribution in [-0.2, 0) is 0 Å². The van der Waals surface area contributed by atoms with Gasteiger partial charge in [-0.2, -0.15) is 11.8 Å². The van der Waals surface area contributed by atoms with E-state index in [-0.39, 0.29) is 12.5 Å². The Morgan fingerprint density at radius 2 is 2.05 bits per heavy atom. The molecule has 0 bridgehead atoms. The summed E-state index contributed by atoms with van der Waals surface area (Å²) in [4.78, 5) is 14.6. The molecule has 1 N–H and O–H groups in total. The van der Waals surface area contributed by atoms with E-state index in [1.165, 1.54) is 0 Å². The molecule has 1 aromatic carbocycles. The van der Waals surface area contributed by atoms with Crippen molar-refractivity contribution in [3.05, 3.63) is 34.9 Å². The second kappa shape index (κ2) is 7.02. The minimum absolute atomic E-state index is 0.0961. The topological polar surface area (TPSA) is 40.5 Å².